The van der Waals surface area contributed by atoms with Crippen molar-refractivity contribution in [2.75, 3.05) is 12.3 Å². The molecule has 0 amide bonds. The van der Waals surface area contributed by atoms with E-state index in [0.717, 1.165) is 43.1 Å². The Balaban J connectivity index is 1.59. The first-order chi connectivity index (χ1) is 10.7. The zero-order valence-electron chi connectivity index (χ0n) is 12.5. The van der Waals surface area contributed by atoms with Gasteiger partial charge >= 0.3 is 0 Å². The average Bonchev–Trinajstić information content (AvgIpc) is 2.84. The van der Waals surface area contributed by atoms with Crippen LogP contribution in [0.3, 0.4) is 0 Å². The Hall–Kier alpha value is -2.47. The molecule has 0 radical (unpaired) electrons. The van der Waals surface area contributed by atoms with Gasteiger partial charge in [-0.05, 0) is 12.1 Å². The lowest BCUT2D eigenvalue weighted by Crippen LogP contribution is -2.31. The molecule has 6 heteroatoms. The van der Waals surface area contributed by atoms with Gasteiger partial charge in [-0.1, -0.05) is 12.1 Å². The highest BCUT2D eigenvalue weighted by atomic mass is 15.2. The summed E-state index contributed by atoms with van der Waals surface area (Å²) < 4.78 is 2.17. The van der Waals surface area contributed by atoms with E-state index in [9.17, 15) is 0 Å². The van der Waals surface area contributed by atoms with Crippen molar-refractivity contribution < 1.29 is 0 Å². The molecule has 0 unspecified atom stereocenters. The molecule has 0 bridgehead atoms. The first-order valence-electron chi connectivity index (χ1n) is 7.43. The van der Waals surface area contributed by atoms with Crippen LogP contribution in [-0.2, 0) is 26.6 Å². The van der Waals surface area contributed by atoms with Crippen LogP contribution < -0.4 is 5.73 Å². The molecule has 6 nitrogen and oxygen atoms in total. The Morgan fingerprint density at radius 3 is 2.95 bits per heavy atom. The van der Waals surface area contributed by atoms with Gasteiger partial charge in [-0.25, -0.2) is 15.0 Å². The molecule has 22 heavy (non-hydrogen) atoms. The Kier molecular flexibility index (Phi) is 3.04. The minimum absolute atomic E-state index is 0.363. The van der Waals surface area contributed by atoms with Crippen molar-refractivity contribution in [3.8, 4) is 0 Å². The predicted molar refractivity (Wildman–Crippen MR) is 85.0 cm³/mol. The fourth-order valence-electron chi connectivity index (χ4n) is 3.06. The molecule has 0 saturated carbocycles. The summed E-state index contributed by atoms with van der Waals surface area (Å²) in [6.07, 6.45) is 2.75. The number of rotatable bonds is 2. The van der Waals surface area contributed by atoms with Gasteiger partial charge in [0, 0.05) is 38.3 Å². The second kappa shape index (κ2) is 5.06. The molecule has 1 aliphatic rings. The summed E-state index contributed by atoms with van der Waals surface area (Å²) in [6.45, 7) is 2.64. The fourth-order valence-corrected chi connectivity index (χ4v) is 3.06. The maximum atomic E-state index is 5.65. The van der Waals surface area contributed by atoms with Gasteiger partial charge in [0.15, 0.2) is 0 Å². The Morgan fingerprint density at radius 2 is 2.09 bits per heavy atom. The topological polar surface area (TPSA) is 72.9 Å². The van der Waals surface area contributed by atoms with Crippen LogP contribution in [0.15, 0.2) is 30.5 Å². The minimum atomic E-state index is 0.363. The molecule has 0 spiro atoms. The van der Waals surface area contributed by atoms with Gasteiger partial charge in [0.25, 0.3) is 0 Å². The van der Waals surface area contributed by atoms with Crippen LogP contribution in [0.4, 0.5) is 5.95 Å². The fraction of sp³-hybridized carbons (Fsp3) is 0.312. The molecule has 3 heterocycles. The Bertz CT molecular complexity index is 838. The van der Waals surface area contributed by atoms with Gasteiger partial charge in [0.05, 0.1) is 23.3 Å². The maximum absolute atomic E-state index is 5.65. The zero-order valence-corrected chi connectivity index (χ0v) is 12.5. The van der Waals surface area contributed by atoms with E-state index >= 15 is 0 Å². The number of fused-ring (bicyclic) bond motifs is 2. The van der Waals surface area contributed by atoms with Gasteiger partial charge in [-0.2, -0.15) is 0 Å². The first kappa shape index (κ1) is 13.2. The molecule has 0 atom stereocenters. The second-order valence-corrected chi connectivity index (χ2v) is 5.74. The minimum Gasteiger partial charge on any atom is -0.368 e. The third-order valence-corrected chi connectivity index (χ3v) is 4.28. The number of benzene rings is 1. The number of para-hydroxylation sites is 2. The number of hydrogen-bond acceptors (Lipinski definition) is 5. The van der Waals surface area contributed by atoms with Gasteiger partial charge in [-0.15, -0.1) is 0 Å². The Labute approximate surface area is 128 Å². The third kappa shape index (κ3) is 2.21. The van der Waals surface area contributed by atoms with Crippen molar-refractivity contribution in [1.82, 2.24) is 24.4 Å². The summed E-state index contributed by atoms with van der Waals surface area (Å²) >= 11 is 0. The summed E-state index contributed by atoms with van der Waals surface area (Å²) in [5, 5.41) is 0. The van der Waals surface area contributed by atoms with Crippen LogP contribution in [0.5, 0.6) is 0 Å². The zero-order chi connectivity index (χ0) is 15.1. The average molecular weight is 294 g/mol. The largest absolute Gasteiger partial charge is 0.368 e. The van der Waals surface area contributed by atoms with Crippen LogP contribution in [0.25, 0.3) is 11.0 Å². The van der Waals surface area contributed by atoms with Crippen molar-refractivity contribution in [1.29, 1.82) is 0 Å². The molecule has 3 aromatic rings. The van der Waals surface area contributed by atoms with E-state index in [1.807, 2.05) is 18.3 Å². The summed E-state index contributed by atoms with van der Waals surface area (Å²) in [5.74, 6) is 1.45. The summed E-state index contributed by atoms with van der Waals surface area (Å²) in [6, 6.07) is 8.24. The van der Waals surface area contributed by atoms with Gasteiger partial charge in [0.2, 0.25) is 5.95 Å². The number of nitrogen functional groups attached to an aromatic ring is 1. The van der Waals surface area contributed by atoms with Crippen LogP contribution in [-0.4, -0.2) is 31.0 Å². The van der Waals surface area contributed by atoms with E-state index < -0.39 is 0 Å². The van der Waals surface area contributed by atoms with Crippen molar-refractivity contribution in [3.05, 3.63) is 47.5 Å². The number of nitrogens with zero attached hydrogens (tertiary/aromatic N) is 5. The molecule has 0 fully saturated rings. The van der Waals surface area contributed by atoms with Crippen LogP contribution >= 0.6 is 0 Å². The lowest BCUT2D eigenvalue weighted by molar-refractivity contribution is 0.235. The van der Waals surface area contributed by atoms with Crippen molar-refractivity contribution >= 4 is 17.0 Å². The van der Waals surface area contributed by atoms with E-state index in [1.165, 1.54) is 11.1 Å². The lowest BCUT2D eigenvalue weighted by Gasteiger charge is -2.27. The Morgan fingerprint density at radius 1 is 1.23 bits per heavy atom. The first-order valence-corrected chi connectivity index (χ1v) is 7.43. The molecule has 0 aliphatic carbocycles. The highest BCUT2D eigenvalue weighted by Gasteiger charge is 2.20. The third-order valence-electron chi connectivity index (χ3n) is 4.28. The van der Waals surface area contributed by atoms with Crippen molar-refractivity contribution in [2.24, 2.45) is 7.05 Å². The van der Waals surface area contributed by atoms with Gasteiger partial charge < -0.3 is 10.3 Å². The van der Waals surface area contributed by atoms with E-state index in [0.29, 0.717) is 5.95 Å². The number of hydrogen-bond donors (Lipinski definition) is 1. The predicted octanol–water partition coefficient (Wildman–Crippen LogP) is 1.50. The van der Waals surface area contributed by atoms with Crippen LogP contribution in [0, 0.1) is 0 Å². The van der Waals surface area contributed by atoms with E-state index in [4.69, 9.17) is 10.7 Å². The van der Waals surface area contributed by atoms with E-state index in [2.05, 4.69) is 38.6 Å². The molecule has 2 N–H and O–H groups in total. The van der Waals surface area contributed by atoms with Crippen molar-refractivity contribution in [3.63, 3.8) is 0 Å². The van der Waals surface area contributed by atoms with E-state index in [1.54, 1.807) is 0 Å². The summed E-state index contributed by atoms with van der Waals surface area (Å²) in [7, 11) is 2.08. The quantitative estimate of drug-likeness (QED) is 0.775. The van der Waals surface area contributed by atoms with Crippen LogP contribution in [0.2, 0.25) is 0 Å². The van der Waals surface area contributed by atoms with Gasteiger partial charge in [-0.3, -0.25) is 4.90 Å². The molecular weight excluding hydrogens is 276 g/mol. The summed E-state index contributed by atoms with van der Waals surface area (Å²) in [5.41, 5.74) is 10.1. The van der Waals surface area contributed by atoms with Gasteiger partial charge in [0.1, 0.15) is 5.82 Å². The molecular formula is C16H18N6. The molecule has 1 aromatic carbocycles. The lowest BCUT2D eigenvalue weighted by atomic mass is 10.1. The molecule has 2 aromatic heterocycles. The van der Waals surface area contributed by atoms with Crippen LogP contribution in [0.1, 0.15) is 17.1 Å². The number of anilines is 1. The maximum Gasteiger partial charge on any atom is 0.220 e. The standard InChI is InChI=1S/C16H18N6/c1-21-14-5-3-2-4-13(14)19-15(21)10-22-7-6-12-11(9-22)8-18-16(17)20-12/h2-5,8H,6-7,9-10H2,1H3,(H2,17,18,20). The second-order valence-electron chi connectivity index (χ2n) is 5.74. The molecule has 112 valence electrons. The summed E-state index contributed by atoms with van der Waals surface area (Å²) in [4.78, 5) is 15.6. The number of imidazole rings is 1. The molecule has 0 saturated heterocycles. The monoisotopic (exact) mass is 294 g/mol. The molecule has 4 rings (SSSR count). The number of nitrogens with two attached hydrogens (primary N) is 1. The molecule has 1 aliphatic heterocycles. The SMILES string of the molecule is Cn1c(CN2CCc3nc(N)ncc3C2)nc2ccccc21. The number of aromatic nitrogens is 4. The highest BCUT2D eigenvalue weighted by molar-refractivity contribution is 5.75. The van der Waals surface area contributed by atoms with E-state index in [-0.39, 0.29) is 0 Å². The number of aryl methyl sites for hydroxylation is 1. The normalized spacial score (nSPS) is 15.1. The van der Waals surface area contributed by atoms with Crippen molar-refractivity contribution in [2.45, 2.75) is 19.5 Å². The smallest absolute Gasteiger partial charge is 0.220 e. The highest BCUT2D eigenvalue weighted by Crippen LogP contribution is 2.20.